The Hall–Kier alpha value is -3.77. The van der Waals surface area contributed by atoms with Gasteiger partial charge < -0.3 is 8.92 Å². The first-order valence-corrected chi connectivity index (χ1v) is 10.3. The first kappa shape index (κ1) is 20.5. The number of rotatable bonds is 6. The second-order valence-corrected chi connectivity index (χ2v) is 7.67. The number of carbonyl (C=O) groups is 1. The zero-order valence-corrected chi connectivity index (χ0v) is 16.9. The minimum absolute atomic E-state index is 0.0882. The molecule has 0 saturated carbocycles. The molecule has 1 amide bonds. The molecule has 0 unspecified atom stereocenters. The second-order valence-electron chi connectivity index (χ2n) is 6.65. The van der Waals surface area contributed by atoms with Crippen LogP contribution in [0.3, 0.4) is 0 Å². The van der Waals surface area contributed by atoms with Gasteiger partial charge in [-0.1, -0.05) is 0 Å². The maximum absolute atomic E-state index is 12.7. The summed E-state index contributed by atoms with van der Waals surface area (Å²) in [6.45, 7) is 0.376. The average Bonchev–Trinajstić information content (AvgIpc) is 3.04. The fourth-order valence-corrected chi connectivity index (χ4v) is 3.37. The Morgan fingerprint density at radius 2 is 1.87 bits per heavy atom. The highest BCUT2D eigenvalue weighted by Gasteiger charge is 2.30. The van der Waals surface area contributed by atoms with E-state index >= 15 is 0 Å². The summed E-state index contributed by atoms with van der Waals surface area (Å²) < 4.78 is 41.2. The molecule has 2 aromatic heterocycles. The molecule has 0 atom stereocenters. The largest absolute Gasteiger partial charge is 0.487 e. The number of carbonyl (C=O) groups excluding carboxylic acids is 1. The van der Waals surface area contributed by atoms with E-state index in [9.17, 15) is 18.0 Å². The van der Waals surface area contributed by atoms with Crippen molar-refractivity contribution in [2.45, 2.75) is 13.2 Å². The molecule has 0 saturated heterocycles. The first-order chi connectivity index (χ1) is 14.7. The Morgan fingerprint density at radius 3 is 2.55 bits per heavy atom. The number of amides is 1. The maximum atomic E-state index is 12.7. The summed E-state index contributed by atoms with van der Waals surface area (Å²) in [6, 6.07) is 10.7. The number of nitrogens with zero attached hydrogens (tertiary/aromatic N) is 4. The number of ether oxygens (including phenoxy) is 1. The van der Waals surface area contributed by atoms with Crippen molar-refractivity contribution in [1.82, 2.24) is 14.8 Å². The van der Waals surface area contributed by atoms with Gasteiger partial charge in [0.2, 0.25) is 0 Å². The summed E-state index contributed by atoms with van der Waals surface area (Å²) in [5.74, 6) is 0.544. The molecule has 160 valence electrons. The lowest BCUT2D eigenvalue weighted by Crippen LogP contribution is -2.28. The number of fused-ring (bicyclic) bond motifs is 1. The van der Waals surface area contributed by atoms with Gasteiger partial charge in [0.05, 0.1) is 18.4 Å². The Morgan fingerprint density at radius 1 is 1.10 bits per heavy atom. The van der Waals surface area contributed by atoms with E-state index in [-0.39, 0.29) is 30.4 Å². The Bertz CT molecular complexity index is 1320. The zero-order chi connectivity index (χ0) is 22.2. The van der Waals surface area contributed by atoms with Crippen LogP contribution in [-0.2, 0) is 30.6 Å². The Balaban J connectivity index is 1.45. The third-order valence-electron chi connectivity index (χ3n) is 4.49. The summed E-state index contributed by atoms with van der Waals surface area (Å²) >= 11 is 0. The van der Waals surface area contributed by atoms with Crippen molar-refractivity contribution in [3.05, 3.63) is 75.8 Å². The van der Waals surface area contributed by atoms with Crippen LogP contribution in [0, 0.1) is 0 Å². The number of pyridine rings is 1. The maximum Gasteiger partial charge on any atom is 0.446 e. The smallest absolute Gasteiger partial charge is 0.446 e. The molecular formula is C19H16N4O7S. The molecule has 0 spiro atoms. The van der Waals surface area contributed by atoms with E-state index in [0.717, 1.165) is 11.8 Å². The highest BCUT2D eigenvalue weighted by molar-refractivity contribution is 7.81. The number of hydrogen-bond acceptors (Lipinski definition) is 8. The third kappa shape index (κ3) is 4.54. The van der Waals surface area contributed by atoms with Crippen molar-refractivity contribution >= 4 is 22.1 Å². The van der Waals surface area contributed by atoms with Gasteiger partial charge >= 0.3 is 10.4 Å². The van der Waals surface area contributed by atoms with Crippen molar-refractivity contribution in [2.75, 3.05) is 4.90 Å². The predicted octanol–water partition coefficient (Wildman–Crippen LogP) is 1.10. The molecule has 4 rings (SSSR count). The highest BCUT2D eigenvalue weighted by atomic mass is 32.3. The van der Waals surface area contributed by atoms with Gasteiger partial charge in [-0.2, -0.15) is 13.5 Å². The van der Waals surface area contributed by atoms with Crippen LogP contribution in [-0.4, -0.2) is 33.6 Å². The van der Waals surface area contributed by atoms with E-state index in [0.29, 0.717) is 22.8 Å². The van der Waals surface area contributed by atoms with Crippen molar-refractivity contribution in [3.63, 3.8) is 0 Å². The van der Waals surface area contributed by atoms with Gasteiger partial charge in [0, 0.05) is 18.7 Å². The van der Waals surface area contributed by atoms with E-state index in [2.05, 4.69) is 14.3 Å². The van der Waals surface area contributed by atoms with Gasteiger partial charge in [-0.25, -0.2) is 4.68 Å². The molecule has 31 heavy (non-hydrogen) atoms. The minimum Gasteiger partial charge on any atom is -0.487 e. The minimum atomic E-state index is -4.61. The molecule has 11 nitrogen and oxygen atoms in total. The average molecular weight is 444 g/mol. The van der Waals surface area contributed by atoms with Crippen LogP contribution in [0.1, 0.15) is 21.6 Å². The number of anilines is 1. The molecule has 0 bridgehead atoms. The lowest BCUT2D eigenvalue weighted by Gasteiger charge is -2.14. The molecule has 3 aromatic rings. The summed E-state index contributed by atoms with van der Waals surface area (Å²) in [6.07, 6.45) is 1.14. The van der Waals surface area contributed by atoms with E-state index in [1.165, 1.54) is 40.9 Å². The van der Waals surface area contributed by atoms with E-state index < -0.39 is 10.4 Å². The third-order valence-corrected chi connectivity index (χ3v) is 4.89. The molecule has 1 N–H and O–H groups in total. The lowest BCUT2D eigenvalue weighted by atomic mass is 10.1. The van der Waals surface area contributed by atoms with Gasteiger partial charge in [0.1, 0.15) is 12.4 Å². The Labute approximate surface area is 176 Å². The van der Waals surface area contributed by atoms with Crippen molar-refractivity contribution in [2.24, 2.45) is 7.05 Å². The molecule has 3 heterocycles. The highest BCUT2D eigenvalue weighted by Crippen LogP contribution is 2.29. The summed E-state index contributed by atoms with van der Waals surface area (Å²) in [7, 11) is -3.09. The van der Waals surface area contributed by atoms with Crippen molar-refractivity contribution < 1.29 is 26.7 Å². The standard InChI is InChI=1S/C19H16N4O7S/c1-22-18(24)7-6-17(21-22)23-10-12-8-14(4-5-16(12)19(23)25)29-11-13-2-3-15(9-20-13)30-31(26,27)28/h2-9H,10-11H2,1H3,(H,26,27,28). The monoisotopic (exact) mass is 444 g/mol. The fraction of sp³-hybridized carbons (Fsp3) is 0.158. The quantitative estimate of drug-likeness (QED) is 0.553. The molecule has 0 radical (unpaired) electrons. The first-order valence-electron chi connectivity index (χ1n) is 8.93. The van der Waals surface area contributed by atoms with Crippen LogP contribution < -0.4 is 19.4 Å². The molecule has 1 aliphatic heterocycles. The second kappa shape index (κ2) is 7.81. The van der Waals surface area contributed by atoms with Gasteiger partial charge in [-0.05, 0) is 42.0 Å². The van der Waals surface area contributed by atoms with E-state index in [1.807, 2.05) is 0 Å². The SMILES string of the molecule is Cn1nc(N2Cc3cc(OCc4ccc(OS(=O)(=O)O)cn4)ccc3C2=O)ccc1=O. The van der Waals surface area contributed by atoms with Crippen LogP contribution in [0.4, 0.5) is 5.82 Å². The number of aromatic nitrogens is 3. The van der Waals surface area contributed by atoms with Gasteiger partial charge in [0.15, 0.2) is 11.6 Å². The zero-order valence-electron chi connectivity index (χ0n) is 16.1. The Kier molecular flexibility index (Phi) is 5.17. The molecular weight excluding hydrogens is 428 g/mol. The van der Waals surface area contributed by atoms with Gasteiger partial charge in [-0.3, -0.25) is 24.0 Å². The molecule has 0 aliphatic carbocycles. The van der Waals surface area contributed by atoms with Gasteiger partial charge in [0.25, 0.3) is 11.5 Å². The molecule has 12 heteroatoms. The van der Waals surface area contributed by atoms with Crippen molar-refractivity contribution in [3.8, 4) is 11.5 Å². The van der Waals surface area contributed by atoms with Crippen LogP contribution in [0.25, 0.3) is 0 Å². The van der Waals surface area contributed by atoms with E-state index in [4.69, 9.17) is 9.29 Å². The summed E-state index contributed by atoms with van der Waals surface area (Å²) in [5.41, 5.74) is 1.50. The normalized spacial score (nSPS) is 13.2. The lowest BCUT2D eigenvalue weighted by molar-refractivity contribution is 0.0995. The van der Waals surface area contributed by atoms with Crippen molar-refractivity contribution in [1.29, 1.82) is 0 Å². The van der Waals surface area contributed by atoms with Gasteiger partial charge in [-0.15, -0.1) is 0 Å². The topological polar surface area (TPSA) is 141 Å². The van der Waals surface area contributed by atoms with E-state index in [1.54, 1.807) is 18.2 Å². The number of benzene rings is 1. The fourth-order valence-electron chi connectivity index (χ4n) is 3.03. The van der Waals surface area contributed by atoms with Crippen LogP contribution in [0.15, 0.2) is 53.5 Å². The van der Waals surface area contributed by atoms with Crippen LogP contribution in [0.2, 0.25) is 0 Å². The molecule has 1 aliphatic rings. The molecule has 0 fully saturated rings. The summed E-state index contributed by atoms with van der Waals surface area (Å²) in [5, 5.41) is 4.12. The number of hydrogen-bond donors (Lipinski definition) is 1. The van der Waals surface area contributed by atoms with Crippen LogP contribution in [0.5, 0.6) is 11.5 Å². The van der Waals surface area contributed by atoms with Crippen LogP contribution >= 0.6 is 0 Å². The summed E-state index contributed by atoms with van der Waals surface area (Å²) in [4.78, 5) is 29.7. The number of aryl methyl sites for hydroxylation is 1. The predicted molar refractivity (Wildman–Crippen MR) is 107 cm³/mol. The molecule has 1 aromatic carbocycles.